The summed E-state index contributed by atoms with van der Waals surface area (Å²) in [5.74, 6) is 0.869. The van der Waals surface area contributed by atoms with Crippen LogP contribution in [-0.2, 0) is 11.3 Å². The first-order valence-electron chi connectivity index (χ1n) is 11.1. The van der Waals surface area contributed by atoms with E-state index in [1.165, 1.54) is 7.11 Å². The molecule has 170 valence electrons. The molecule has 0 N–H and O–H groups in total. The van der Waals surface area contributed by atoms with Crippen LogP contribution < -0.4 is 0 Å². The van der Waals surface area contributed by atoms with Crippen molar-refractivity contribution in [3.8, 4) is 11.1 Å². The van der Waals surface area contributed by atoms with Crippen LogP contribution in [0.25, 0.3) is 11.1 Å². The normalized spacial score (nSPS) is 16.7. The largest absolute Gasteiger partial charge is 0.399 e. The summed E-state index contributed by atoms with van der Waals surface area (Å²) in [5.41, 5.74) is 4.59. The Kier molecular flexibility index (Phi) is 6.16. The average molecular weight is 453 g/mol. The standard InChI is InChI=1S/C27H24N4O3/c1-33-29-23-17-24(26-28-25(30-34-26)16-19-8-4-2-5-9-19)31(18-23)27(32)22-14-12-21(13-15-22)20-10-6-3-7-11-20/h2-15,24H,16-18H2,1H3/t24-/m0/s1. The van der Waals surface area contributed by atoms with Crippen molar-refractivity contribution in [3.63, 3.8) is 0 Å². The maximum atomic E-state index is 13.5. The molecule has 0 saturated carbocycles. The Bertz CT molecular complexity index is 1280. The molecular formula is C27H24N4O3. The summed E-state index contributed by atoms with van der Waals surface area (Å²) >= 11 is 0. The van der Waals surface area contributed by atoms with Gasteiger partial charge < -0.3 is 14.3 Å². The molecule has 0 spiro atoms. The molecule has 34 heavy (non-hydrogen) atoms. The van der Waals surface area contributed by atoms with Crippen LogP contribution in [0.1, 0.15) is 40.1 Å². The van der Waals surface area contributed by atoms with Crippen molar-refractivity contribution < 1.29 is 14.2 Å². The van der Waals surface area contributed by atoms with Crippen molar-refractivity contribution >= 4 is 11.6 Å². The molecule has 1 amide bonds. The van der Waals surface area contributed by atoms with Gasteiger partial charge in [0.2, 0.25) is 5.89 Å². The Balaban J connectivity index is 1.38. The molecule has 3 aromatic carbocycles. The predicted octanol–water partition coefficient (Wildman–Crippen LogP) is 4.92. The van der Waals surface area contributed by atoms with E-state index in [2.05, 4.69) is 15.3 Å². The molecule has 1 saturated heterocycles. The van der Waals surface area contributed by atoms with Crippen LogP contribution in [0, 0.1) is 0 Å². The summed E-state index contributed by atoms with van der Waals surface area (Å²) in [5, 5.41) is 8.23. The summed E-state index contributed by atoms with van der Waals surface area (Å²) in [6, 6.07) is 27.2. The van der Waals surface area contributed by atoms with Gasteiger partial charge in [0.25, 0.3) is 5.91 Å². The lowest BCUT2D eigenvalue weighted by Crippen LogP contribution is -2.31. The van der Waals surface area contributed by atoms with E-state index in [0.717, 1.165) is 22.4 Å². The maximum Gasteiger partial charge on any atom is 0.254 e. The molecule has 4 aromatic rings. The van der Waals surface area contributed by atoms with E-state index in [9.17, 15) is 4.79 Å². The quantitative estimate of drug-likeness (QED) is 0.388. The third-order valence-corrected chi connectivity index (χ3v) is 5.85. The fourth-order valence-corrected chi connectivity index (χ4v) is 4.19. The van der Waals surface area contributed by atoms with Crippen molar-refractivity contribution in [2.75, 3.05) is 13.7 Å². The second-order valence-corrected chi connectivity index (χ2v) is 8.15. The Morgan fingerprint density at radius 1 is 1.00 bits per heavy atom. The first-order chi connectivity index (χ1) is 16.7. The lowest BCUT2D eigenvalue weighted by molar-refractivity contribution is 0.0713. The number of carbonyl (C=O) groups is 1. The summed E-state index contributed by atoms with van der Waals surface area (Å²) in [4.78, 5) is 24.8. The van der Waals surface area contributed by atoms with E-state index >= 15 is 0 Å². The fourth-order valence-electron chi connectivity index (χ4n) is 4.19. The number of rotatable bonds is 6. The number of aromatic nitrogens is 2. The number of carbonyl (C=O) groups excluding carboxylic acids is 1. The molecule has 2 heterocycles. The lowest BCUT2D eigenvalue weighted by Gasteiger charge is -2.21. The number of oxime groups is 1. The topological polar surface area (TPSA) is 80.8 Å². The number of nitrogens with zero attached hydrogens (tertiary/aromatic N) is 4. The molecule has 0 bridgehead atoms. The lowest BCUT2D eigenvalue weighted by atomic mass is 10.0. The van der Waals surface area contributed by atoms with Crippen LogP contribution in [0.2, 0.25) is 0 Å². The third kappa shape index (κ3) is 4.59. The van der Waals surface area contributed by atoms with Gasteiger partial charge in [0.15, 0.2) is 5.82 Å². The second kappa shape index (κ2) is 9.70. The van der Waals surface area contributed by atoms with Gasteiger partial charge in [-0.3, -0.25) is 4.79 Å². The van der Waals surface area contributed by atoms with Crippen molar-refractivity contribution in [2.24, 2.45) is 5.16 Å². The number of hydrogen-bond donors (Lipinski definition) is 0. The molecule has 0 aliphatic carbocycles. The summed E-state index contributed by atoms with van der Waals surface area (Å²) in [6.07, 6.45) is 1.04. The van der Waals surface area contributed by atoms with Gasteiger partial charge in [-0.1, -0.05) is 83.1 Å². The minimum atomic E-state index is -0.396. The Labute approximate surface area is 197 Å². The summed E-state index contributed by atoms with van der Waals surface area (Å²) in [7, 11) is 1.50. The van der Waals surface area contributed by atoms with Crippen LogP contribution >= 0.6 is 0 Å². The molecular weight excluding hydrogens is 428 g/mol. The molecule has 1 fully saturated rings. The van der Waals surface area contributed by atoms with Gasteiger partial charge in [-0.25, -0.2) is 0 Å². The van der Waals surface area contributed by atoms with Crippen molar-refractivity contribution in [2.45, 2.75) is 18.9 Å². The zero-order valence-corrected chi connectivity index (χ0v) is 18.8. The van der Waals surface area contributed by atoms with Crippen LogP contribution in [0.4, 0.5) is 0 Å². The minimum Gasteiger partial charge on any atom is -0.399 e. The predicted molar refractivity (Wildman–Crippen MR) is 128 cm³/mol. The molecule has 0 unspecified atom stereocenters. The SMILES string of the molecule is CON=C1C[C@@H](c2nc(Cc3ccccc3)no2)N(C(=O)c2ccc(-c3ccccc3)cc2)C1. The van der Waals surface area contributed by atoms with E-state index in [-0.39, 0.29) is 5.91 Å². The van der Waals surface area contributed by atoms with Gasteiger partial charge in [0.1, 0.15) is 13.2 Å². The smallest absolute Gasteiger partial charge is 0.254 e. The summed E-state index contributed by atoms with van der Waals surface area (Å²) in [6.45, 7) is 0.341. The highest BCUT2D eigenvalue weighted by molar-refractivity contribution is 6.00. The van der Waals surface area contributed by atoms with Crippen LogP contribution in [0.5, 0.6) is 0 Å². The molecule has 1 atom stereocenters. The van der Waals surface area contributed by atoms with E-state index in [4.69, 9.17) is 9.36 Å². The van der Waals surface area contributed by atoms with Crippen LogP contribution in [-0.4, -0.2) is 40.3 Å². The van der Waals surface area contributed by atoms with Gasteiger partial charge >= 0.3 is 0 Å². The second-order valence-electron chi connectivity index (χ2n) is 8.15. The van der Waals surface area contributed by atoms with Gasteiger partial charge in [-0.15, -0.1) is 0 Å². The van der Waals surface area contributed by atoms with Crippen molar-refractivity contribution in [3.05, 3.63) is 108 Å². The van der Waals surface area contributed by atoms with Gasteiger partial charge in [0, 0.05) is 18.4 Å². The minimum absolute atomic E-state index is 0.117. The van der Waals surface area contributed by atoms with Gasteiger partial charge in [-0.2, -0.15) is 4.98 Å². The highest BCUT2D eigenvalue weighted by Crippen LogP contribution is 2.32. The molecule has 7 heteroatoms. The number of likely N-dealkylation sites (tertiary alicyclic amines) is 1. The van der Waals surface area contributed by atoms with E-state index < -0.39 is 6.04 Å². The Morgan fingerprint density at radius 2 is 1.68 bits per heavy atom. The molecule has 5 rings (SSSR count). The van der Waals surface area contributed by atoms with Crippen molar-refractivity contribution in [1.29, 1.82) is 0 Å². The highest BCUT2D eigenvalue weighted by atomic mass is 16.6. The van der Waals surface area contributed by atoms with Gasteiger partial charge in [-0.05, 0) is 28.8 Å². The zero-order valence-electron chi connectivity index (χ0n) is 18.8. The molecule has 1 aliphatic rings. The fraction of sp³-hybridized carbons (Fsp3) is 0.185. The van der Waals surface area contributed by atoms with Crippen LogP contribution in [0.15, 0.2) is 94.6 Å². The number of benzene rings is 3. The maximum absolute atomic E-state index is 13.5. The third-order valence-electron chi connectivity index (χ3n) is 5.85. The number of amides is 1. The Hall–Kier alpha value is -4.26. The van der Waals surface area contributed by atoms with E-state index in [1.54, 1.807) is 4.90 Å². The number of hydrogen-bond acceptors (Lipinski definition) is 6. The monoisotopic (exact) mass is 452 g/mol. The molecule has 0 radical (unpaired) electrons. The average Bonchev–Trinajstić information content (AvgIpc) is 3.52. The van der Waals surface area contributed by atoms with E-state index in [0.29, 0.717) is 36.7 Å². The highest BCUT2D eigenvalue weighted by Gasteiger charge is 2.38. The molecule has 1 aliphatic heterocycles. The first-order valence-corrected chi connectivity index (χ1v) is 11.1. The molecule has 7 nitrogen and oxygen atoms in total. The van der Waals surface area contributed by atoms with Crippen LogP contribution in [0.3, 0.4) is 0 Å². The van der Waals surface area contributed by atoms with Gasteiger partial charge in [0.05, 0.1) is 12.3 Å². The first kappa shape index (κ1) is 21.6. The summed E-state index contributed by atoms with van der Waals surface area (Å²) < 4.78 is 5.59. The molecule has 1 aromatic heterocycles. The van der Waals surface area contributed by atoms with E-state index in [1.807, 2.05) is 84.9 Å². The Morgan fingerprint density at radius 3 is 2.38 bits per heavy atom. The zero-order chi connectivity index (χ0) is 23.3. The van der Waals surface area contributed by atoms with Crippen molar-refractivity contribution in [1.82, 2.24) is 15.0 Å².